The lowest BCUT2D eigenvalue weighted by Gasteiger charge is -2.32. The number of piperidine rings is 1. The molecule has 1 aromatic rings. The first-order valence-corrected chi connectivity index (χ1v) is 7.89. The van der Waals surface area contributed by atoms with Crippen molar-refractivity contribution in [1.29, 1.82) is 0 Å². The third-order valence-corrected chi connectivity index (χ3v) is 4.85. The monoisotopic (exact) mass is 274 g/mol. The van der Waals surface area contributed by atoms with Gasteiger partial charge in [-0.2, -0.15) is 0 Å². The van der Waals surface area contributed by atoms with Crippen molar-refractivity contribution in [3.8, 4) is 5.75 Å². The second-order valence-electron chi connectivity index (χ2n) is 6.19. The van der Waals surface area contributed by atoms with E-state index < -0.39 is 0 Å². The Morgan fingerprint density at radius 3 is 3.00 bits per heavy atom. The van der Waals surface area contributed by atoms with Crippen molar-refractivity contribution >= 4 is 0 Å². The van der Waals surface area contributed by atoms with Crippen molar-refractivity contribution in [1.82, 2.24) is 10.2 Å². The maximum absolute atomic E-state index is 5.47. The quantitative estimate of drug-likeness (QED) is 0.913. The summed E-state index contributed by atoms with van der Waals surface area (Å²) in [7, 11) is 1.76. The summed E-state index contributed by atoms with van der Waals surface area (Å²) < 4.78 is 5.47. The maximum Gasteiger partial charge on any atom is 0.123 e. The third kappa shape index (κ3) is 2.84. The number of ether oxygens (including phenoxy) is 1. The molecule has 0 aliphatic carbocycles. The van der Waals surface area contributed by atoms with Crippen LogP contribution < -0.4 is 10.1 Å². The molecule has 0 radical (unpaired) electrons. The van der Waals surface area contributed by atoms with E-state index in [1.807, 2.05) is 0 Å². The normalized spacial score (nSPS) is 26.5. The summed E-state index contributed by atoms with van der Waals surface area (Å²) in [4.78, 5) is 2.68. The summed E-state index contributed by atoms with van der Waals surface area (Å²) in [5, 5.41) is 3.78. The highest BCUT2D eigenvalue weighted by molar-refractivity contribution is 5.36. The van der Waals surface area contributed by atoms with Crippen molar-refractivity contribution < 1.29 is 4.74 Å². The van der Waals surface area contributed by atoms with Gasteiger partial charge in [0.2, 0.25) is 0 Å². The van der Waals surface area contributed by atoms with Crippen LogP contribution in [-0.2, 0) is 6.54 Å². The summed E-state index contributed by atoms with van der Waals surface area (Å²) in [5.74, 6) is 1.00. The van der Waals surface area contributed by atoms with Gasteiger partial charge in [-0.25, -0.2) is 0 Å². The Hall–Kier alpha value is -1.06. The van der Waals surface area contributed by atoms with Gasteiger partial charge >= 0.3 is 0 Å². The third-order valence-electron chi connectivity index (χ3n) is 4.85. The van der Waals surface area contributed by atoms with E-state index in [1.54, 1.807) is 7.11 Å². The van der Waals surface area contributed by atoms with Crippen LogP contribution in [-0.4, -0.2) is 37.2 Å². The molecule has 20 heavy (non-hydrogen) atoms. The number of hydrogen-bond acceptors (Lipinski definition) is 3. The van der Waals surface area contributed by atoms with E-state index in [4.69, 9.17) is 4.74 Å². The minimum absolute atomic E-state index is 0.653. The van der Waals surface area contributed by atoms with E-state index >= 15 is 0 Å². The van der Waals surface area contributed by atoms with Gasteiger partial charge in [-0.05, 0) is 38.8 Å². The van der Waals surface area contributed by atoms with Crippen LogP contribution in [0.15, 0.2) is 18.2 Å². The van der Waals surface area contributed by atoms with Gasteiger partial charge in [0.1, 0.15) is 5.75 Å². The van der Waals surface area contributed by atoms with Gasteiger partial charge in [0.05, 0.1) is 7.11 Å². The number of nitrogens with zero attached hydrogens (tertiary/aromatic N) is 1. The maximum atomic E-state index is 5.47. The second kappa shape index (κ2) is 6.15. The lowest BCUT2D eigenvalue weighted by atomic mass is 9.99. The van der Waals surface area contributed by atoms with Crippen molar-refractivity contribution in [3.63, 3.8) is 0 Å². The second-order valence-corrected chi connectivity index (χ2v) is 6.19. The van der Waals surface area contributed by atoms with Crippen LogP contribution >= 0.6 is 0 Å². The summed E-state index contributed by atoms with van der Waals surface area (Å²) >= 11 is 0. The zero-order valence-corrected chi connectivity index (χ0v) is 12.7. The number of fused-ring (bicyclic) bond motifs is 1. The molecular weight excluding hydrogens is 248 g/mol. The Balaban J connectivity index is 1.63. The molecule has 3 nitrogen and oxygen atoms in total. The summed E-state index contributed by atoms with van der Waals surface area (Å²) in [6.07, 6.45) is 5.43. The summed E-state index contributed by atoms with van der Waals surface area (Å²) in [5.41, 5.74) is 2.58. The number of benzene rings is 1. The van der Waals surface area contributed by atoms with E-state index in [9.17, 15) is 0 Å². The Labute approximate surface area is 122 Å². The SMILES string of the molecule is COc1ccc(C)cc1CNC1CCN2CCCCC12. The molecule has 3 heteroatoms. The fourth-order valence-corrected chi connectivity index (χ4v) is 3.77. The molecule has 2 saturated heterocycles. The molecule has 1 aromatic carbocycles. The zero-order chi connectivity index (χ0) is 13.9. The van der Waals surface area contributed by atoms with Gasteiger partial charge in [-0.1, -0.05) is 24.1 Å². The first-order chi connectivity index (χ1) is 9.78. The molecule has 0 aromatic heterocycles. The standard InChI is InChI=1S/C17H26N2O/c1-13-6-7-17(20-2)14(11-13)12-18-15-8-10-19-9-4-3-5-16(15)19/h6-7,11,15-16,18H,3-5,8-10,12H2,1-2H3. The average Bonchev–Trinajstić information content (AvgIpc) is 2.88. The zero-order valence-electron chi connectivity index (χ0n) is 12.7. The van der Waals surface area contributed by atoms with Gasteiger partial charge in [-0.3, -0.25) is 4.90 Å². The lowest BCUT2D eigenvalue weighted by Crippen LogP contribution is -2.44. The van der Waals surface area contributed by atoms with Crippen LogP contribution in [0.1, 0.15) is 36.8 Å². The van der Waals surface area contributed by atoms with E-state index in [0.29, 0.717) is 6.04 Å². The first-order valence-electron chi connectivity index (χ1n) is 7.89. The minimum atomic E-state index is 0.653. The van der Waals surface area contributed by atoms with Crippen LogP contribution in [0.25, 0.3) is 0 Å². The molecule has 3 rings (SSSR count). The van der Waals surface area contributed by atoms with Crippen molar-refractivity contribution in [2.75, 3.05) is 20.2 Å². The van der Waals surface area contributed by atoms with E-state index in [2.05, 4.69) is 35.3 Å². The molecule has 0 amide bonds. The highest BCUT2D eigenvalue weighted by Crippen LogP contribution is 2.28. The van der Waals surface area contributed by atoms with Crippen LogP contribution in [0.4, 0.5) is 0 Å². The Morgan fingerprint density at radius 2 is 2.15 bits per heavy atom. The molecule has 2 aliphatic rings. The molecule has 0 saturated carbocycles. The number of rotatable bonds is 4. The van der Waals surface area contributed by atoms with Crippen LogP contribution in [0.5, 0.6) is 5.75 Å². The molecule has 2 unspecified atom stereocenters. The van der Waals surface area contributed by atoms with Crippen LogP contribution in [0, 0.1) is 6.92 Å². The molecule has 2 aliphatic heterocycles. The van der Waals surface area contributed by atoms with Gasteiger partial charge in [0.15, 0.2) is 0 Å². The Bertz CT molecular complexity index is 460. The molecule has 110 valence electrons. The smallest absolute Gasteiger partial charge is 0.123 e. The Morgan fingerprint density at radius 1 is 1.25 bits per heavy atom. The van der Waals surface area contributed by atoms with Gasteiger partial charge in [0.25, 0.3) is 0 Å². The summed E-state index contributed by atoms with van der Waals surface area (Å²) in [6.45, 7) is 5.63. The Kier molecular flexibility index (Phi) is 4.27. The highest BCUT2D eigenvalue weighted by Gasteiger charge is 2.34. The fourth-order valence-electron chi connectivity index (χ4n) is 3.77. The van der Waals surface area contributed by atoms with E-state index in [1.165, 1.54) is 49.9 Å². The number of nitrogens with one attached hydrogen (secondary N) is 1. The number of methoxy groups -OCH3 is 1. The largest absolute Gasteiger partial charge is 0.496 e. The average molecular weight is 274 g/mol. The molecular formula is C17H26N2O. The molecule has 2 fully saturated rings. The molecule has 0 bridgehead atoms. The number of hydrogen-bond donors (Lipinski definition) is 1. The molecule has 2 heterocycles. The summed E-state index contributed by atoms with van der Waals surface area (Å²) in [6, 6.07) is 7.84. The highest BCUT2D eigenvalue weighted by atomic mass is 16.5. The van der Waals surface area contributed by atoms with Crippen molar-refractivity contribution in [2.45, 2.75) is 51.2 Å². The van der Waals surface area contributed by atoms with Gasteiger partial charge in [-0.15, -0.1) is 0 Å². The lowest BCUT2D eigenvalue weighted by molar-refractivity contribution is 0.180. The van der Waals surface area contributed by atoms with Crippen molar-refractivity contribution in [2.24, 2.45) is 0 Å². The van der Waals surface area contributed by atoms with Crippen molar-refractivity contribution in [3.05, 3.63) is 29.3 Å². The van der Waals surface area contributed by atoms with E-state index in [0.717, 1.165) is 18.3 Å². The molecule has 0 spiro atoms. The molecule has 1 N–H and O–H groups in total. The van der Waals surface area contributed by atoms with Crippen LogP contribution in [0.3, 0.4) is 0 Å². The fraction of sp³-hybridized carbons (Fsp3) is 0.647. The molecule has 2 atom stereocenters. The minimum Gasteiger partial charge on any atom is -0.496 e. The number of aryl methyl sites for hydroxylation is 1. The van der Waals surface area contributed by atoms with Gasteiger partial charge < -0.3 is 10.1 Å². The topological polar surface area (TPSA) is 24.5 Å². The van der Waals surface area contributed by atoms with Gasteiger partial charge in [0, 0.05) is 30.7 Å². The predicted molar refractivity (Wildman–Crippen MR) is 82.2 cm³/mol. The van der Waals surface area contributed by atoms with Crippen LogP contribution in [0.2, 0.25) is 0 Å². The first kappa shape index (κ1) is 13.9. The predicted octanol–water partition coefficient (Wildman–Crippen LogP) is 2.72. The van der Waals surface area contributed by atoms with E-state index in [-0.39, 0.29) is 0 Å².